The minimum absolute atomic E-state index is 0.726. The molecule has 2 nitrogen and oxygen atoms in total. The van der Waals surface area contributed by atoms with Crippen molar-refractivity contribution in [3.05, 3.63) is 70.7 Å². The largest absolute Gasteiger partial charge is 0.241 e. The van der Waals surface area contributed by atoms with Crippen molar-refractivity contribution >= 4 is 34.3 Å². The highest BCUT2D eigenvalue weighted by atomic mass is 35.5. The number of hydrogen-bond acceptors (Lipinski definition) is 4. The third-order valence-electron chi connectivity index (χ3n) is 3.63. The summed E-state index contributed by atoms with van der Waals surface area (Å²) in [5, 5.41) is 4.82. The SMILES string of the molecule is Cc1nc(-c2ccccc2)sc1-c1csc(-c2cccc(Cl)c2)n1. The van der Waals surface area contributed by atoms with Gasteiger partial charge in [-0.3, -0.25) is 0 Å². The van der Waals surface area contributed by atoms with Crippen molar-refractivity contribution < 1.29 is 0 Å². The Morgan fingerprint density at radius 3 is 2.46 bits per heavy atom. The Morgan fingerprint density at radius 1 is 0.875 bits per heavy atom. The van der Waals surface area contributed by atoms with Gasteiger partial charge in [-0.1, -0.05) is 54.1 Å². The molecule has 0 atom stereocenters. The average Bonchev–Trinajstić information content (AvgIpc) is 3.22. The normalized spacial score (nSPS) is 10.9. The van der Waals surface area contributed by atoms with E-state index >= 15 is 0 Å². The summed E-state index contributed by atoms with van der Waals surface area (Å²) in [6, 6.07) is 18.0. The van der Waals surface area contributed by atoms with Gasteiger partial charge in [0.1, 0.15) is 10.0 Å². The lowest BCUT2D eigenvalue weighted by molar-refractivity contribution is 1.26. The molecule has 0 aliphatic carbocycles. The Hall–Kier alpha value is -2.01. The van der Waals surface area contributed by atoms with Crippen molar-refractivity contribution in [3.63, 3.8) is 0 Å². The van der Waals surface area contributed by atoms with E-state index in [0.717, 1.165) is 42.4 Å². The molecule has 0 N–H and O–H groups in total. The zero-order chi connectivity index (χ0) is 16.5. The summed E-state index contributed by atoms with van der Waals surface area (Å²) in [4.78, 5) is 10.6. The number of thiazole rings is 2. The first-order valence-corrected chi connectivity index (χ1v) is 9.53. The molecule has 0 aliphatic heterocycles. The number of aromatic nitrogens is 2. The number of hydrogen-bond donors (Lipinski definition) is 0. The molecule has 24 heavy (non-hydrogen) atoms. The molecule has 0 radical (unpaired) electrons. The number of benzene rings is 2. The minimum Gasteiger partial charge on any atom is -0.241 e. The van der Waals surface area contributed by atoms with E-state index in [9.17, 15) is 0 Å². The van der Waals surface area contributed by atoms with Crippen molar-refractivity contribution in [2.24, 2.45) is 0 Å². The number of nitrogens with zero attached hydrogens (tertiary/aromatic N) is 2. The fraction of sp³-hybridized carbons (Fsp3) is 0.0526. The molecule has 4 aromatic rings. The van der Waals surface area contributed by atoms with E-state index in [-0.39, 0.29) is 0 Å². The van der Waals surface area contributed by atoms with Gasteiger partial charge in [-0.25, -0.2) is 9.97 Å². The molecule has 0 aliphatic rings. The lowest BCUT2D eigenvalue weighted by atomic mass is 10.2. The summed E-state index contributed by atoms with van der Waals surface area (Å²) < 4.78 is 0. The molecule has 0 bridgehead atoms. The molecule has 2 aromatic heterocycles. The quantitative estimate of drug-likeness (QED) is 0.409. The molecule has 2 aromatic carbocycles. The summed E-state index contributed by atoms with van der Waals surface area (Å²) in [5.74, 6) is 0. The van der Waals surface area contributed by atoms with Crippen LogP contribution in [0.5, 0.6) is 0 Å². The van der Waals surface area contributed by atoms with E-state index in [4.69, 9.17) is 21.6 Å². The van der Waals surface area contributed by atoms with Gasteiger partial charge >= 0.3 is 0 Å². The second-order valence-electron chi connectivity index (χ2n) is 5.35. The van der Waals surface area contributed by atoms with Crippen LogP contribution in [-0.4, -0.2) is 9.97 Å². The highest BCUT2D eigenvalue weighted by Gasteiger charge is 2.14. The Balaban J connectivity index is 1.72. The predicted octanol–water partition coefficient (Wildman–Crippen LogP) is 6.56. The van der Waals surface area contributed by atoms with Crippen LogP contribution in [0.2, 0.25) is 5.02 Å². The van der Waals surface area contributed by atoms with E-state index in [0.29, 0.717) is 0 Å². The zero-order valence-electron chi connectivity index (χ0n) is 12.9. The molecule has 0 spiro atoms. The van der Waals surface area contributed by atoms with Gasteiger partial charge in [0.05, 0.1) is 16.3 Å². The summed E-state index contributed by atoms with van der Waals surface area (Å²) in [7, 11) is 0. The van der Waals surface area contributed by atoms with Crippen LogP contribution in [0.4, 0.5) is 0 Å². The topological polar surface area (TPSA) is 25.8 Å². The fourth-order valence-corrected chi connectivity index (χ4v) is 4.58. The molecule has 4 rings (SSSR count). The van der Waals surface area contributed by atoms with Crippen molar-refractivity contribution in [2.75, 3.05) is 0 Å². The Labute approximate surface area is 153 Å². The molecule has 0 saturated heterocycles. The van der Waals surface area contributed by atoms with Gasteiger partial charge in [0.15, 0.2) is 0 Å². The zero-order valence-corrected chi connectivity index (χ0v) is 15.3. The molecule has 0 amide bonds. The van der Waals surface area contributed by atoms with Crippen LogP contribution in [0.15, 0.2) is 60.0 Å². The van der Waals surface area contributed by atoms with Gasteiger partial charge in [-0.15, -0.1) is 22.7 Å². The maximum absolute atomic E-state index is 6.08. The van der Waals surface area contributed by atoms with Gasteiger partial charge in [0.25, 0.3) is 0 Å². The van der Waals surface area contributed by atoms with Crippen LogP contribution in [0.1, 0.15) is 5.69 Å². The lowest BCUT2D eigenvalue weighted by Gasteiger charge is -1.96. The third-order valence-corrected chi connectivity index (χ3v) is 5.98. The molecular weight excluding hydrogens is 356 g/mol. The van der Waals surface area contributed by atoms with E-state index < -0.39 is 0 Å². The third kappa shape index (κ3) is 3.00. The molecule has 0 fully saturated rings. The van der Waals surface area contributed by atoms with E-state index in [1.165, 1.54) is 0 Å². The first-order chi connectivity index (χ1) is 11.7. The standard InChI is InChI=1S/C19H13ClN2S2/c1-12-17(24-19(21-12)13-6-3-2-4-7-13)16-11-23-18(22-16)14-8-5-9-15(20)10-14/h2-11H,1H3. The maximum Gasteiger partial charge on any atom is 0.124 e. The predicted molar refractivity (Wildman–Crippen MR) is 104 cm³/mol. The van der Waals surface area contributed by atoms with Gasteiger partial charge in [0.2, 0.25) is 0 Å². The minimum atomic E-state index is 0.726. The number of aryl methyl sites for hydroxylation is 1. The second kappa shape index (κ2) is 6.48. The van der Waals surface area contributed by atoms with Crippen LogP contribution in [0, 0.1) is 6.92 Å². The Morgan fingerprint density at radius 2 is 1.67 bits per heavy atom. The molecule has 0 saturated carbocycles. The molecule has 0 unspecified atom stereocenters. The molecular formula is C19H13ClN2S2. The highest BCUT2D eigenvalue weighted by Crippen LogP contribution is 2.37. The van der Waals surface area contributed by atoms with Crippen molar-refractivity contribution in [2.45, 2.75) is 6.92 Å². The van der Waals surface area contributed by atoms with Crippen molar-refractivity contribution in [1.29, 1.82) is 0 Å². The molecule has 5 heteroatoms. The maximum atomic E-state index is 6.08. The monoisotopic (exact) mass is 368 g/mol. The first kappa shape index (κ1) is 15.5. The van der Waals surface area contributed by atoms with Gasteiger partial charge in [-0.2, -0.15) is 0 Å². The molecule has 118 valence electrons. The summed E-state index contributed by atoms with van der Waals surface area (Å²) in [5.41, 5.74) is 4.18. The van der Waals surface area contributed by atoms with E-state index in [1.807, 2.05) is 49.4 Å². The van der Waals surface area contributed by atoms with Gasteiger partial charge in [-0.05, 0) is 19.1 Å². The first-order valence-electron chi connectivity index (χ1n) is 7.45. The van der Waals surface area contributed by atoms with Crippen LogP contribution < -0.4 is 0 Å². The lowest BCUT2D eigenvalue weighted by Crippen LogP contribution is -1.80. The van der Waals surface area contributed by atoms with Crippen LogP contribution >= 0.6 is 34.3 Å². The van der Waals surface area contributed by atoms with Crippen LogP contribution in [0.3, 0.4) is 0 Å². The van der Waals surface area contributed by atoms with E-state index in [1.54, 1.807) is 22.7 Å². The van der Waals surface area contributed by atoms with Crippen LogP contribution in [0.25, 0.3) is 31.7 Å². The summed E-state index contributed by atoms with van der Waals surface area (Å²) in [6.07, 6.45) is 0. The average molecular weight is 369 g/mol. The van der Waals surface area contributed by atoms with Crippen LogP contribution in [-0.2, 0) is 0 Å². The van der Waals surface area contributed by atoms with E-state index in [2.05, 4.69) is 17.5 Å². The highest BCUT2D eigenvalue weighted by molar-refractivity contribution is 7.19. The van der Waals surface area contributed by atoms with Gasteiger partial charge < -0.3 is 0 Å². The summed E-state index contributed by atoms with van der Waals surface area (Å²) >= 11 is 9.40. The van der Waals surface area contributed by atoms with Crippen molar-refractivity contribution in [1.82, 2.24) is 9.97 Å². The van der Waals surface area contributed by atoms with Crippen molar-refractivity contribution in [3.8, 4) is 31.7 Å². The number of rotatable bonds is 3. The number of halogens is 1. The Bertz CT molecular complexity index is 990. The summed E-state index contributed by atoms with van der Waals surface area (Å²) in [6.45, 7) is 2.04. The fourth-order valence-electron chi connectivity index (χ4n) is 2.47. The van der Waals surface area contributed by atoms with Gasteiger partial charge in [0, 0.05) is 21.5 Å². The Kier molecular flexibility index (Phi) is 4.19. The molecule has 2 heterocycles. The second-order valence-corrected chi connectivity index (χ2v) is 7.64. The smallest absolute Gasteiger partial charge is 0.124 e.